The third-order valence-electron chi connectivity index (χ3n) is 11.7. The Balaban J connectivity index is 0.000000165. The Bertz CT molecular complexity index is 3350. The van der Waals surface area contributed by atoms with Crippen molar-refractivity contribution in [2.75, 3.05) is 28.3 Å². The molecule has 0 radical (unpaired) electrons. The van der Waals surface area contributed by atoms with E-state index in [1.807, 2.05) is 83.4 Å². The number of amides is 1. The van der Waals surface area contributed by atoms with Gasteiger partial charge in [-0.05, 0) is 98.3 Å². The van der Waals surface area contributed by atoms with E-state index in [4.69, 9.17) is 0 Å². The lowest BCUT2D eigenvalue weighted by Crippen LogP contribution is -2.25. The standard InChI is InChI=1S/C16H13F4N3O2.C16H17F2N3O.C10H8N2O.C9H9N3.C2H6/c1-8-11(7-25)15(23-14(21-8)5-10(6-24)22-23)9-2-3-12(13(17)4-9)16(18,19)20;1-8-4-5-12(15(18)14(8)17)16-9(2)10(3)19-13-6-11(7-22)20-21(13)16;13-7-12-10-2-1-9-6-11-4-3-8(9)5-10;1-10-9-3-2-7-6-11-5-4-8(7)12-9;1-2/h2-5,7,15,21,24H,6H2,1H3;4-6,16,19,22H,7H2,1-3H3;1-7H,(H,12,13);2-6H,1H3,(H,10,12);1-2H3. The summed E-state index contributed by atoms with van der Waals surface area (Å²) >= 11 is 0. The molecule has 1 amide bonds. The van der Waals surface area contributed by atoms with Crippen molar-refractivity contribution in [2.24, 2.45) is 0 Å². The first-order valence-electron chi connectivity index (χ1n) is 23.0. The Labute approximate surface area is 421 Å². The maximum Gasteiger partial charge on any atom is 0.419 e. The average Bonchev–Trinajstić information content (AvgIpc) is 4.02. The van der Waals surface area contributed by atoms with Crippen LogP contribution in [0.2, 0.25) is 0 Å². The highest BCUT2D eigenvalue weighted by atomic mass is 19.4. The molecular formula is C53H53F6N11O4. The van der Waals surface area contributed by atoms with Crippen LogP contribution in [0, 0.1) is 24.4 Å². The third-order valence-corrected chi connectivity index (χ3v) is 11.7. The first-order chi connectivity index (χ1) is 35.5. The van der Waals surface area contributed by atoms with Crippen LogP contribution >= 0.6 is 0 Å². The summed E-state index contributed by atoms with van der Waals surface area (Å²) in [5, 5.41) is 41.8. The maximum absolute atomic E-state index is 14.4. The van der Waals surface area contributed by atoms with E-state index in [1.54, 1.807) is 54.5 Å². The molecule has 74 heavy (non-hydrogen) atoms. The van der Waals surface area contributed by atoms with E-state index in [-0.39, 0.29) is 35.5 Å². The molecule has 0 spiro atoms. The van der Waals surface area contributed by atoms with Crippen molar-refractivity contribution in [2.45, 2.75) is 73.0 Å². The number of alkyl halides is 3. The molecule has 2 aliphatic rings. The summed E-state index contributed by atoms with van der Waals surface area (Å²) in [6, 6.07) is 20.9. The number of aryl methyl sites for hydroxylation is 1. The second-order valence-electron chi connectivity index (χ2n) is 16.4. The smallest absolute Gasteiger partial charge is 0.390 e. The highest BCUT2D eigenvalue weighted by Gasteiger charge is 2.36. The topological polar surface area (TPSA) is 197 Å². The van der Waals surface area contributed by atoms with Gasteiger partial charge in [-0.25, -0.2) is 27.5 Å². The van der Waals surface area contributed by atoms with Crippen LogP contribution < -0.4 is 21.3 Å². The molecule has 8 aromatic rings. The number of hydrogen-bond acceptors (Lipinski definition) is 12. The maximum atomic E-state index is 14.4. The Morgan fingerprint density at radius 3 is 1.93 bits per heavy atom. The van der Waals surface area contributed by atoms with Crippen LogP contribution in [-0.4, -0.2) is 64.5 Å². The number of nitrogens with zero attached hydrogens (tertiary/aromatic N) is 7. The zero-order chi connectivity index (χ0) is 53.9. The van der Waals surface area contributed by atoms with Gasteiger partial charge in [0, 0.05) is 83.0 Å². The molecule has 0 fully saturated rings. The number of anilines is 4. The number of fused-ring (bicyclic) bond motifs is 4. The Kier molecular flexibility index (Phi) is 18.0. The lowest BCUT2D eigenvalue weighted by Gasteiger charge is -2.29. The fourth-order valence-electron chi connectivity index (χ4n) is 7.89. The summed E-state index contributed by atoms with van der Waals surface area (Å²) in [6.45, 7) is 10.3. The van der Waals surface area contributed by atoms with E-state index < -0.39 is 41.3 Å². The van der Waals surface area contributed by atoms with Gasteiger partial charge in [-0.15, -0.1) is 0 Å². The molecule has 15 nitrogen and oxygen atoms in total. The van der Waals surface area contributed by atoms with E-state index in [1.165, 1.54) is 11.6 Å². The lowest BCUT2D eigenvalue weighted by atomic mass is 9.95. The number of aromatic nitrogens is 7. The van der Waals surface area contributed by atoms with Gasteiger partial charge in [0.1, 0.15) is 41.6 Å². The van der Waals surface area contributed by atoms with Crippen molar-refractivity contribution >= 4 is 57.5 Å². The molecule has 0 saturated carbocycles. The number of nitrogens with one attached hydrogen (secondary N) is 4. The van der Waals surface area contributed by atoms with Crippen molar-refractivity contribution in [3.8, 4) is 0 Å². The normalized spacial score (nSPS) is 14.5. The van der Waals surface area contributed by atoms with Gasteiger partial charge < -0.3 is 31.5 Å². The van der Waals surface area contributed by atoms with Crippen molar-refractivity contribution in [1.82, 2.24) is 34.5 Å². The van der Waals surface area contributed by atoms with Crippen LogP contribution in [0.15, 0.2) is 132 Å². The summed E-state index contributed by atoms with van der Waals surface area (Å²) in [6.07, 6.45) is 3.48. The minimum Gasteiger partial charge on any atom is -0.390 e. The number of carbonyl (C=O) groups excluding carboxylic acids is 2. The minimum atomic E-state index is -4.81. The zero-order valence-electron chi connectivity index (χ0n) is 41.2. The van der Waals surface area contributed by atoms with Gasteiger partial charge in [0.05, 0.1) is 35.7 Å². The number of pyridine rings is 3. The van der Waals surface area contributed by atoms with Crippen molar-refractivity contribution in [1.29, 1.82) is 0 Å². The van der Waals surface area contributed by atoms with E-state index in [0.29, 0.717) is 47.5 Å². The largest absolute Gasteiger partial charge is 0.419 e. The number of carbonyl (C=O) groups is 2. The van der Waals surface area contributed by atoms with Crippen molar-refractivity contribution in [3.63, 3.8) is 0 Å². The predicted molar refractivity (Wildman–Crippen MR) is 271 cm³/mol. The predicted octanol–water partition coefficient (Wildman–Crippen LogP) is 10.8. The fourth-order valence-corrected chi connectivity index (χ4v) is 7.89. The van der Waals surface area contributed by atoms with Gasteiger partial charge in [0.15, 0.2) is 11.6 Å². The Morgan fingerprint density at radius 2 is 1.32 bits per heavy atom. The van der Waals surface area contributed by atoms with Gasteiger partial charge in [0.2, 0.25) is 6.41 Å². The van der Waals surface area contributed by atoms with Crippen molar-refractivity contribution in [3.05, 3.63) is 183 Å². The summed E-state index contributed by atoms with van der Waals surface area (Å²) in [5.41, 5.74) is 4.20. The fraction of sp³-hybridized carbons (Fsp3) is 0.226. The number of aliphatic hydroxyl groups excluding tert-OH is 2. The molecule has 2 aliphatic heterocycles. The van der Waals surface area contributed by atoms with Crippen LogP contribution in [0.5, 0.6) is 0 Å². The molecular weight excluding hydrogens is 969 g/mol. The van der Waals surface area contributed by atoms with Crippen LogP contribution in [0.25, 0.3) is 21.7 Å². The lowest BCUT2D eigenvalue weighted by molar-refractivity contribution is -0.140. The molecule has 2 unspecified atom stereocenters. The van der Waals surface area contributed by atoms with Crippen LogP contribution in [-0.2, 0) is 29.0 Å². The molecule has 2 atom stereocenters. The van der Waals surface area contributed by atoms with E-state index >= 15 is 0 Å². The minimum absolute atomic E-state index is 0.141. The van der Waals surface area contributed by atoms with Gasteiger partial charge in [-0.1, -0.05) is 38.1 Å². The summed E-state index contributed by atoms with van der Waals surface area (Å²) in [7, 11) is 1.86. The van der Waals surface area contributed by atoms with E-state index in [9.17, 15) is 46.1 Å². The highest BCUT2D eigenvalue weighted by molar-refractivity contribution is 5.87. The molecule has 0 aliphatic carbocycles. The number of aldehydes is 1. The molecule has 21 heteroatoms. The van der Waals surface area contributed by atoms with Crippen molar-refractivity contribution < 1.29 is 46.1 Å². The molecule has 0 bridgehead atoms. The Hall–Kier alpha value is -8.43. The SMILES string of the molecule is CC.CC1=C(C)C(c2ccc(C)c(F)c2F)n2nc(CO)cc2N1.CC1=C(C=O)C(c2ccc(C(F)(F)F)c(F)c2)n2nc(CO)cc2N1.CNc1ccc2cnccc2n1.O=CNc1ccc2cnccc2c1. The molecule has 6 N–H and O–H groups in total. The number of hydrogen-bond donors (Lipinski definition) is 6. The molecule has 386 valence electrons. The molecule has 10 rings (SSSR count). The van der Waals surface area contributed by atoms with E-state index in [0.717, 1.165) is 56.6 Å². The number of allylic oxidation sites excluding steroid dienone is 4. The summed E-state index contributed by atoms with van der Waals surface area (Å²) in [4.78, 5) is 34.0. The molecule has 0 saturated heterocycles. The Morgan fingerprint density at radius 1 is 0.703 bits per heavy atom. The second kappa shape index (κ2) is 24.3. The third kappa shape index (κ3) is 12.2. The van der Waals surface area contributed by atoms with E-state index in [2.05, 4.69) is 46.4 Å². The van der Waals surface area contributed by atoms with Gasteiger partial charge in [-0.3, -0.25) is 19.6 Å². The number of halogens is 6. The zero-order valence-corrected chi connectivity index (χ0v) is 41.2. The first-order valence-corrected chi connectivity index (χ1v) is 23.0. The first kappa shape index (κ1) is 54.9. The molecule has 7 heterocycles. The quantitative estimate of drug-likeness (QED) is 0.0623. The average molecular weight is 1020 g/mol. The monoisotopic (exact) mass is 1020 g/mol. The second-order valence-corrected chi connectivity index (χ2v) is 16.4. The highest BCUT2D eigenvalue weighted by Crippen LogP contribution is 2.39. The number of benzene rings is 3. The molecule has 5 aromatic heterocycles. The van der Waals surface area contributed by atoms with Gasteiger partial charge in [0.25, 0.3) is 0 Å². The number of rotatable bonds is 8. The number of aliphatic hydroxyl groups is 2. The summed E-state index contributed by atoms with van der Waals surface area (Å²) in [5.74, 6) is -1.14. The van der Waals surface area contributed by atoms with Gasteiger partial charge in [-0.2, -0.15) is 23.4 Å². The van der Waals surface area contributed by atoms with Crippen LogP contribution in [0.1, 0.15) is 80.3 Å². The summed E-state index contributed by atoms with van der Waals surface area (Å²) < 4.78 is 83.5. The van der Waals surface area contributed by atoms with Crippen LogP contribution in [0.3, 0.4) is 0 Å². The van der Waals surface area contributed by atoms with Crippen LogP contribution in [0.4, 0.5) is 49.5 Å². The molecule has 3 aromatic carbocycles. The van der Waals surface area contributed by atoms with Gasteiger partial charge >= 0.3 is 6.18 Å².